The summed E-state index contributed by atoms with van der Waals surface area (Å²) in [5, 5.41) is 3.02. The number of urea groups is 1. The number of thioether (sulfide) groups is 1. The third-order valence-electron chi connectivity index (χ3n) is 4.97. The van der Waals surface area contributed by atoms with Crippen molar-refractivity contribution in [3.05, 3.63) is 24.3 Å². The van der Waals surface area contributed by atoms with Gasteiger partial charge in [0.2, 0.25) is 0 Å². The molecule has 3 rings (SSSR count). The SMILES string of the molecule is CSc1ccc(NC(=O)N2CC[NH+](C3CCCC3)CC2)cc1. The first kappa shape index (κ1) is 15.7. The average molecular weight is 320 g/mol. The van der Waals surface area contributed by atoms with E-state index in [0.717, 1.165) is 37.9 Å². The van der Waals surface area contributed by atoms with E-state index in [9.17, 15) is 4.79 Å². The van der Waals surface area contributed by atoms with Crippen LogP contribution in [0.3, 0.4) is 0 Å². The third kappa shape index (κ3) is 3.76. The molecule has 1 saturated carbocycles. The average Bonchev–Trinajstić information content (AvgIpc) is 3.10. The second kappa shape index (κ2) is 7.38. The van der Waals surface area contributed by atoms with Crippen molar-refractivity contribution >= 4 is 23.5 Å². The minimum Gasteiger partial charge on any atom is -0.330 e. The van der Waals surface area contributed by atoms with Crippen LogP contribution in [0.1, 0.15) is 25.7 Å². The van der Waals surface area contributed by atoms with Crippen LogP contribution in [0.4, 0.5) is 10.5 Å². The molecule has 0 spiro atoms. The molecule has 2 amide bonds. The van der Waals surface area contributed by atoms with Crippen molar-refractivity contribution in [3.8, 4) is 0 Å². The van der Waals surface area contributed by atoms with Crippen LogP contribution in [0.15, 0.2) is 29.2 Å². The molecule has 5 heteroatoms. The number of hydrogen-bond donors (Lipinski definition) is 2. The highest BCUT2D eigenvalue weighted by Crippen LogP contribution is 2.18. The van der Waals surface area contributed by atoms with Gasteiger partial charge < -0.3 is 15.1 Å². The predicted molar refractivity (Wildman–Crippen MR) is 91.8 cm³/mol. The van der Waals surface area contributed by atoms with Gasteiger partial charge in [-0.2, -0.15) is 0 Å². The van der Waals surface area contributed by atoms with Crippen LogP contribution in [0.25, 0.3) is 0 Å². The van der Waals surface area contributed by atoms with Gasteiger partial charge in [-0.05, 0) is 56.2 Å². The van der Waals surface area contributed by atoms with Crippen LogP contribution >= 0.6 is 11.8 Å². The maximum absolute atomic E-state index is 12.4. The van der Waals surface area contributed by atoms with Crippen molar-refractivity contribution < 1.29 is 9.69 Å². The number of piperazine rings is 1. The molecule has 1 heterocycles. The maximum atomic E-state index is 12.4. The molecule has 2 aliphatic rings. The van der Waals surface area contributed by atoms with E-state index in [1.165, 1.54) is 30.6 Å². The molecule has 4 nitrogen and oxygen atoms in total. The molecule has 1 aliphatic carbocycles. The number of benzene rings is 1. The minimum absolute atomic E-state index is 0.0439. The van der Waals surface area contributed by atoms with Gasteiger partial charge in [0.1, 0.15) is 0 Å². The van der Waals surface area contributed by atoms with Gasteiger partial charge in [-0.1, -0.05) is 0 Å². The summed E-state index contributed by atoms with van der Waals surface area (Å²) >= 11 is 1.71. The molecule has 0 bridgehead atoms. The van der Waals surface area contributed by atoms with E-state index in [0.29, 0.717) is 0 Å². The lowest BCUT2D eigenvalue weighted by Gasteiger charge is -2.35. The summed E-state index contributed by atoms with van der Waals surface area (Å²) in [6.07, 6.45) is 7.60. The molecule has 0 aromatic heterocycles. The first-order valence-corrected chi connectivity index (χ1v) is 9.53. The number of carbonyl (C=O) groups excluding carboxylic acids is 1. The largest absolute Gasteiger partial charge is 0.330 e. The second-order valence-corrected chi connectivity index (χ2v) is 7.16. The maximum Gasteiger partial charge on any atom is 0.322 e. The molecule has 0 unspecified atom stereocenters. The van der Waals surface area contributed by atoms with Gasteiger partial charge in [0.25, 0.3) is 0 Å². The third-order valence-corrected chi connectivity index (χ3v) is 5.71. The van der Waals surface area contributed by atoms with E-state index < -0.39 is 0 Å². The summed E-state index contributed by atoms with van der Waals surface area (Å²) in [5.74, 6) is 0. The zero-order valence-electron chi connectivity index (χ0n) is 13.3. The Balaban J connectivity index is 1.48. The summed E-state index contributed by atoms with van der Waals surface area (Å²) in [4.78, 5) is 17.2. The van der Waals surface area contributed by atoms with E-state index in [-0.39, 0.29) is 6.03 Å². The Labute approximate surface area is 137 Å². The number of amides is 2. The Morgan fingerprint density at radius 1 is 1.18 bits per heavy atom. The fourth-order valence-corrected chi connectivity index (χ4v) is 4.02. The fourth-order valence-electron chi connectivity index (χ4n) is 3.62. The topological polar surface area (TPSA) is 36.8 Å². The number of carbonyl (C=O) groups is 1. The quantitative estimate of drug-likeness (QED) is 0.837. The van der Waals surface area contributed by atoms with Gasteiger partial charge in [-0.25, -0.2) is 4.79 Å². The van der Waals surface area contributed by atoms with Gasteiger partial charge in [-0.3, -0.25) is 0 Å². The molecule has 22 heavy (non-hydrogen) atoms. The molecular formula is C17H26N3OS+. The molecule has 1 aliphatic heterocycles. The summed E-state index contributed by atoms with van der Waals surface area (Å²) < 4.78 is 0. The van der Waals surface area contributed by atoms with Gasteiger partial charge in [0, 0.05) is 10.6 Å². The van der Waals surface area contributed by atoms with Crippen molar-refractivity contribution in [1.29, 1.82) is 0 Å². The number of hydrogen-bond acceptors (Lipinski definition) is 2. The van der Waals surface area contributed by atoms with E-state index in [4.69, 9.17) is 0 Å². The van der Waals surface area contributed by atoms with Gasteiger partial charge in [0.05, 0.1) is 32.2 Å². The van der Waals surface area contributed by atoms with E-state index in [2.05, 4.69) is 11.6 Å². The van der Waals surface area contributed by atoms with Crippen LogP contribution in [-0.4, -0.2) is 49.4 Å². The standard InChI is InChI=1S/C17H25N3OS/c1-22-16-8-6-14(7-9-16)18-17(21)20-12-10-19(11-13-20)15-4-2-3-5-15/h6-9,15H,2-5,10-13H2,1H3,(H,18,21)/p+1. The normalized spacial score (nSPS) is 20.3. The van der Waals surface area contributed by atoms with Gasteiger partial charge >= 0.3 is 6.03 Å². The number of rotatable bonds is 3. The summed E-state index contributed by atoms with van der Waals surface area (Å²) in [6, 6.07) is 8.94. The lowest BCUT2D eigenvalue weighted by Crippen LogP contribution is -3.18. The smallest absolute Gasteiger partial charge is 0.322 e. The highest BCUT2D eigenvalue weighted by molar-refractivity contribution is 7.98. The molecule has 2 fully saturated rings. The molecule has 2 N–H and O–H groups in total. The zero-order valence-corrected chi connectivity index (χ0v) is 14.1. The summed E-state index contributed by atoms with van der Waals surface area (Å²) in [7, 11) is 0. The minimum atomic E-state index is 0.0439. The molecule has 120 valence electrons. The fraction of sp³-hybridized carbons (Fsp3) is 0.588. The Kier molecular flexibility index (Phi) is 5.26. The van der Waals surface area contributed by atoms with Gasteiger partial charge in [0.15, 0.2) is 0 Å². The van der Waals surface area contributed by atoms with Crippen molar-refractivity contribution in [1.82, 2.24) is 4.90 Å². The highest BCUT2D eigenvalue weighted by atomic mass is 32.2. The summed E-state index contributed by atoms with van der Waals surface area (Å²) in [6.45, 7) is 3.95. The molecule has 0 atom stereocenters. The van der Waals surface area contributed by atoms with Crippen LogP contribution < -0.4 is 10.2 Å². The van der Waals surface area contributed by atoms with Crippen LogP contribution in [0.2, 0.25) is 0 Å². The van der Waals surface area contributed by atoms with Crippen molar-refractivity contribution in [3.63, 3.8) is 0 Å². The Hall–Kier alpha value is -1.20. The van der Waals surface area contributed by atoms with Crippen molar-refractivity contribution in [2.24, 2.45) is 0 Å². The van der Waals surface area contributed by atoms with E-state index in [1.54, 1.807) is 16.7 Å². The molecule has 1 saturated heterocycles. The van der Waals surface area contributed by atoms with Gasteiger partial charge in [-0.15, -0.1) is 11.8 Å². The van der Waals surface area contributed by atoms with Crippen LogP contribution in [0.5, 0.6) is 0 Å². The lowest BCUT2D eigenvalue weighted by atomic mass is 10.2. The zero-order chi connectivity index (χ0) is 15.4. The van der Waals surface area contributed by atoms with E-state index in [1.807, 2.05) is 29.2 Å². The van der Waals surface area contributed by atoms with Crippen LogP contribution in [-0.2, 0) is 0 Å². The highest BCUT2D eigenvalue weighted by Gasteiger charge is 2.30. The first-order valence-electron chi connectivity index (χ1n) is 8.31. The Bertz CT molecular complexity index is 491. The first-order chi connectivity index (χ1) is 10.8. The van der Waals surface area contributed by atoms with Crippen molar-refractivity contribution in [2.75, 3.05) is 37.8 Å². The second-order valence-electron chi connectivity index (χ2n) is 6.29. The van der Waals surface area contributed by atoms with Crippen LogP contribution in [0, 0.1) is 0 Å². The number of quaternary nitrogens is 1. The lowest BCUT2D eigenvalue weighted by molar-refractivity contribution is -0.928. The predicted octanol–water partition coefficient (Wildman–Crippen LogP) is 2.08. The Morgan fingerprint density at radius 2 is 1.82 bits per heavy atom. The number of anilines is 1. The monoisotopic (exact) mass is 320 g/mol. The van der Waals surface area contributed by atoms with E-state index >= 15 is 0 Å². The molecule has 1 aromatic carbocycles. The number of nitrogens with one attached hydrogen (secondary N) is 2. The Morgan fingerprint density at radius 3 is 2.41 bits per heavy atom. The van der Waals surface area contributed by atoms with Crippen molar-refractivity contribution in [2.45, 2.75) is 36.6 Å². The summed E-state index contributed by atoms with van der Waals surface area (Å²) in [5.41, 5.74) is 0.883. The number of nitrogens with zero attached hydrogens (tertiary/aromatic N) is 1. The molecule has 1 aromatic rings. The molecular weight excluding hydrogens is 294 g/mol. The molecule has 0 radical (unpaired) electrons.